The number of anilines is 1. The zero-order valence-corrected chi connectivity index (χ0v) is 18.0. The lowest BCUT2D eigenvalue weighted by molar-refractivity contribution is -0.123. The molecule has 4 rings (SSSR count). The highest BCUT2D eigenvalue weighted by Crippen LogP contribution is 2.35. The fourth-order valence-electron chi connectivity index (χ4n) is 4.27. The van der Waals surface area contributed by atoms with Crippen molar-refractivity contribution in [3.63, 3.8) is 0 Å². The summed E-state index contributed by atoms with van der Waals surface area (Å²) in [4.78, 5) is 16.5. The van der Waals surface area contributed by atoms with Crippen LogP contribution in [0.1, 0.15) is 5.56 Å². The van der Waals surface area contributed by atoms with Crippen LogP contribution in [0.4, 0.5) is 10.1 Å². The van der Waals surface area contributed by atoms with E-state index in [2.05, 4.69) is 0 Å². The van der Waals surface area contributed by atoms with E-state index in [1.165, 1.54) is 19.2 Å². The number of nitrogens with zero attached hydrogens (tertiary/aromatic N) is 2. The molecule has 6 nitrogen and oxygen atoms in total. The molecule has 2 fully saturated rings. The first-order valence-electron chi connectivity index (χ1n) is 9.62. The Morgan fingerprint density at radius 1 is 1.13 bits per heavy atom. The average Bonchev–Trinajstić information content (AvgIpc) is 3.02. The molecule has 0 saturated carbocycles. The molecule has 0 aliphatic carbocycles. The molecule has 0 N–H and O–H groups in total. The molecular formula is C21H22ClFN2O4S. The number of rotatable bonds is 5. The van der Waals surface area contributed by atoms with Gasteiger partial charge >= 0.3 is 0 Å². The number of fused-ring (bicyclic) bond motifs is 1. The summed E-state index contributed by atoms with van der Waals surface area (Å²) in [5.74, 6) is -0.0628. The zero-order valence-electron chi connectivity index (χ0n) is 16.4. The molecule has 0 aromatic heterocycles. The van der Waals surface area contributed by atoms with Gasteiger partial charge in [0.15, 0.2) is 9.84 Å². The number of ether oxygens (including phenoxy) is 1. The molecule has 2 aromatic carbocycles. The van der Waals surface area contributed by atoms with Crippen molar-refractivity contribution < 1.29 is 22.3 Å². The van der Waals surface area contributed by atoms with Crippen molar-refractivity contribution in [2.45, 2.75) is 18.5 Å². The summed E-state index contributed by atoms with van der Waals surface area (Å²) in [6, 6.07) is 10.5. The van der Waals surface area contributed by atoms with E-state index in [-0.39, 0.29) is 35.8 Å². The standard InChI is InChI=1S/C21H22ClFN2O4S/c1-29-20-7-6-16(10-17(20)22)25-19-13-30(27,28)12-18(19)24(11-21(25)26)9-8-14-2-4-15(23)5-3-14/h2-7,10,18-19H,8-9,11-13H2,1H3. The Morgan fingerprint density at radius 2 is 1.83 bits per heavy atom. The molecule has 2 aliphatic heterocycles. The van der Waals surface area contributed by atoms with Crippen molar-refractivity contribution in [1.29, 1.82) is 0 Å². The molecule has 2 saturated heterocycles. The maximum absolute atomic E-state index is 13.1. The van der Waals surface area contributed by atoms with Gasteiger partial charge in [0.25, 0.3) is 0 Å². The van der Waals surface area contributed by atoms with E-state index >= 15 is 0 Å². The normalized spacial score (nSPS) is 23.4. The fraction of sp³-hybridized carbons (Fsp3) is 0.381. The number of carbonyl (C=O) groups excluding carboxylic acids is 1. The van der Waals surface area contributed by atoms with Gasteiger partial charge in [-0.25, -0.2) is 12.8 Å². The van der Waals surface area contributed by atoms with E-state index in [1.807, 2.05) is 4.90 Å². The van der Waals surface area contributed by atoms with E-state index in [4.69, 9.17) is 16.3 Å². The quantitative estimate of drug-likeness (QED) is 0.697. The van der Waals surface area contributed by atoms with Gasteiger partial charge in [0.05, 0.1) is 36.2 Å². The van der Waals surface area contributed by atoms with Crippen LogP contribution in [0.25, 0.3) is 0 Å². The van der Waals surface area contributed by atoms with E-state index < -0.39 is 15.9 Å². The van der Waals surface area contributed by atoms with Crippen molar-refractivity contribution in [3.05, 3.63) is 58.9 Å². The number of hydrogen-bond acceptors (Lipinski definition) is 5. The molecule has 160 valence electrons. The summed E-state index contributed by atoms with van der Waals surface area (Å²) in [6.07, 6.45) is 0.602. The third kappa shape index (κ3) is 4.17. The van der Waals surface area contributed by atoms with Crippen LogP contribution < -0.4 is 9.64 Å². The molecule has 2 unspecified atom stereocenters. The minimum atomic E-state index is -3.28. The minimum absolute atomic E-state index is 0.00868. The van der Waals surface area contributed by atoms with Crippen molar-refractivity contribution in [3.8, 4) is 5.75 Å². The highest BCUT2D eigenvalue weighted by Gasteiger charge is 2.49. The summed E-state index contributed by atoms with van der Waals surface area (Å²) in [5.41, 5.74) is 1.50. The molecule has 0 bridgehead atoms. The van der Waals surface area contributed by atoms with Crippen molar-refractivity contribution in [2.24, 2.45) is 0 Å². The molecule has 0 radical (unpaired) electrons. The zero-order chi connectivity index (χ0) is 21.5. The van der Waals surface area contributed by atoms with Crippen LogP contribution in [0.5, 0.6) is 5.75 Å². The number of sulfone groups is 1. The average molecular weight is 453 g/mol. The Balaban J connectivity index is 1.59. The highest BCUT2D eigenvalue weighted by atomic mass is 35.5. The maximum Gasteiger partial charge on any atom is 0.241 e. The maximum atomic E-state index is 13.1. The summed E-state index contributed by atoms with van der Waals surface area (Å²) in [5, 5.41) is 0.360. The number of carbonyl (C=O) groups is 1. The minimum Gasteiger partial charge on any atom is -0.495 e. The second kappa shape index (κ2) is 8.17. The van der Waals surface area contributed by atoms with Crippen LogP contribution in [0.15, 0.2) is 42.5 Å². The molecule has 2 aromatic rings. The number of hydrogen-bond donors (Lipinski definition) is 0. The van der Waals surface area contributed by atoms with Gasteiger partial charge in [-0.2, -0.15) is 0 Å². The first kappa shape index (κ1) is 21.1. The van der Waals surface area contributed by atoms with Crippen LogP contribution >= 0.6 is 11.6 Å². The van der Waals surface area contributed by atoms with Gasteiger partial charge in [-0.1, -0.05) is 23.7 Å². The van der Waals surface area contributed by atoms with E-state index in [0.29, 0.717) is 29.4 Å². The molecular weight excluding hydrogens is 431 g/mol. The predicted molar refractivity (Wildman–Crippen MR) is 113 cm³/mol. The number of piperazine rings is 1. The summed E-state index contributed by atoms with van der Waals surface area (Å²) in [7, 11) is -1.77. The van der Waals surface area contributed by atoms with Crippen molar-refractivity contribution >= 4 is 33.0 Å². The topological polar surface area (TPSA) is 66.9 Å². The van der Waals surface area contributed by atoms with Gasteiger partial charge in [-0.15, -0.1) is 0 Å². The van der Waals surface area contributed by atoms with Gasteiger partial charge in [0.1, 0.15) is 11.6 Å². The van der Waals surface area contributed by atoms with Crippen molar-refractivity contribution in [1.82, 2.24) is 4.90 Å². The Hall–Kier alpha value is -2.16. The van der Waals surface area contributed by atoms with Crippen LogP contribution in [0.2, 0.25) is 5.02 Å². The molecule has 2 aliphatic rings. The lowest BCUT2D eigenvalue weighted by Gasteiger charge is -2.43. The largest absolute Gasteiger partial charge is 0.495 e. The van der Waals surface area contributed by atoms with E-state index in [0.717, 1.165) is 5.56 Å². The van der Waals surface area contributed by atoms with Gasteiger partial charge in [0.2, 0.25) is 5.91 Å². The van der Waals surface area contributed by atoms with Crippen LogP contribution in [0, 0.1) is 5.82 Å². The van der Waals surface area contributed by atoms with E-state index in [1.54, 1.807) is 35.2 Å². The molecule has 2 atom stereocenters. The van der Waals surface area contributed by atoms with Gasteiger partial charge in [-0.05, 0) is 42.3 Å². The third-order valence-corrected chi connectivity index (χ3v) is 7.71. The molecule has 0 spiro atoms. The van der Waals surface area contributed by atoms with Crippen LogP contribution in [-0.4, -0.2) is 63.0 Å². The molecule has 2 heterocycles. The fourth-order valence-corrected chi connectivity index (χ4v) is 6.50. The number of halogens is 2. The number of amides is 1. The Morgan fingerprint density at radius 3 is 2.50 bits per heavy atom. The summed E-state index contributed by atoms with van der Waals surface area (Å²) >= 11 is 6.23. The van der Waals surface area contributed by atoms with Gasteiger partial charge in [-0.3, -0.25) is 9.69 Å². The second-order valence-corrected chi connectivity index (χ2v) is 10.2. The van der Waals surface area contributed by atoms with Gasteiger partial charge in [0, 0.05) is 18.3 Å². The Kier molecular flexibility index (Phi) is 5.74. The SMILES string of the molecule is COc1ccc(N2C(=O)CN(CCc3ccc(F)cc3)C3CS(=O)(=O)CC32)cc1Cl. The summed E-state index contributed by atoms with van der Waals surface area (Å²) in [6.45, 7) is 0.632. The van der Waals surface area contributed by atoms with Crippen molar-refractivity contribution in [2.75, 3.05) is 36.6 Å². The Bertz CT molecular complexity index is 1060. The van der Waals surface area contributed by atoms with Crippen LogP contribution in [0.3, 0.4) is 0 Å². The lowest BCUT2D eigenvalue weighted by Crippen LogP contribution is -2.62. The first-order chi connectivity index (χ1) is 14.3. The third-order valence-electron chi connectivity index (χ3n) is 5.72. The number of benzene rings is 2. The first-order valence-corrected chi connectivity index (χ1v) is 11.8. The Labute approximate surface area is 180 Å². The lowest BCUT2D eigenvalue weighted by atomic mass is 10.0. The molecule has 30 heavy (non-hydrogen) atoms. The molecule has 9 heteroatoms. The smallest absolute Gasteiger partial charge is 0.241 e. The monoisotopic (exact) mass is 452 g/mol. The second-order valence-electron chi connectivity index (χ2n) is 7.64. The van der Waals surface area contributed by atoms with Gasteiger partial charge < -0.3 is 9.64 Å². The molecule has 1 amide bonds. The summed E-state index contributed by atoms with van der Waals surface area (Å²) < 4.78 is 43.2. The number of methoxy groups -OCH3 is 1. The van der Waals surface area contributed by atoms with Crippen LogP contribution in [-0.2, 0) is 21.1 Å². The highest BCUT2D eigenvalue weighted by molar-refractivity contribution is 7.91. The predicted octanol–water partition coefficient (Wildman–Crippen LogP) is 2.54. The van der Waals surface area contributed by atoms with E-state index in [9.17, 15) is 17.6 Å².